The van der Waals surface area contributed by atoms with E-state index in [0.717, 1.165) is 34.6 Å². The molecule has 2 unspecified atom stereocenters. The summed E-state index contributed by atoms with van der Waals surface area (Å²) in [6, 6.07) is 8.45. The molecule has 8 nitrogen and oxygen atoms in total. The molecule has 0 aliphatic carbocycles. The number of ether oxygens (including phenoxy) is 1. The number of methoxy groups -OCH3 is 1. The number of nitrogens with one attached hydrogen (secondary N) is 3. The Morgan fingerprint density at radius 2 is 1.85 bits per heavy atom. The minimum absolute atomic E-state index is 0.0198. The monoisotopic (exact) mass is 354 g/mol. The number of hydrogen-bond donors (Lipinski definition) is 3. The summed E-state index contributed by atoms with van der Waals surface area (Å²) in [6.45, 7) is 1.99. The molecule has 2 heterocycles. The number of non-ortho nitro benzene ring substituents is 1. The van der Waals surface area contributed by atoms with Crippen LogP contribution in [-0.2, 0) is 4.79 Å². The van der Waals surface area contributed by atoms with Crippen molar-refractivity contribution in [3.63, 3.8) is 0 Å². The van der Waals surface area contributed by atoms with Gasteiger partial charge in [-0.05, 0) is 30.2 Å². The van der Waals surface area contributed by atoms with Gasteiger partial charge in [-0.25, -0.2) is 0 Å². The average Bonchev–Trinajstić information content (AvgIpc) is 3.17. The summed E-state index contributed by atoms with van der Waals surface area (Å²) >= 11 is 0. The molecule has 4 rings (SSSR count). The Morgan fingerprint density at radius 3 is 2.50 bits per heavy atom. The van der Waals surface area contributed by atoms with E-state index < -0.39 is 4.92 Å². The fourth-order valence-corrected chi connectivity index (χ4v) is 3.57. The maximum absolute atomic E-state index is 12.0. The Labute approximate surface area is 149 Å². The van der Waals surface area contributed by atoms with Crippen molar-refractivity contribution in [2.24, 2.45) is 0 Å². The van der Waals surface area contributed by atoms with Crippen molar-refractivity contribution in [1.82, 2.24) is 0 Å². The topological polar surface area (TPSA) is 106 Å². The van der Waals surface area contributed by atoms with Crippen molar-refractivity contribution in [3.8, 4) is 5.75 Å². The summed E-state index contributed by atoms with van der Waals surface area (Å²) in [5.41, 5.74) is 4.32. The van der Waals surface area contributed by atoms with Crippen LogP contribution in [0.25, 0.3) is 0 Å². The number of fused-ring (bicyclic) bond motifs is 2. The third-order valence-electron chi connectivity index (χ3n) is 4.89. The van der Waals surface area contributed by atoms with Crippen LogP contribution < -0.4 is 20.7 Å². The van der Waals surface area contributed by atoms with E-state index >= 15 is 0 Å². The maximum atomic E-state index is 12.0. The van der Waals surface area contributed by atoms with Gasteiger partial charge in [-0.2, -0.15) is 0 Å². The molecule has 0 fully saturated rings. The normalized spacial score (nSPS) is 19.8. The Kier molecular flexibility index (Phi) is 3.68. The summed E-state index contributed by atoms with van der Waals surface area (Å²) in [5, 5.41) is 20.6. The zero-order chi connectivity index (χ0) is 18.4. The number of anilines is 3. The van der Waals surface area contributed by atoms with Gasteiger partial charge in [-0.3, -0.25) is 14.9 Å². The lowest BCUT2D eigenvalue weighted by Crippen LogP contribution is -2.14. The molecule has 0 bridgehead atoms. The Hall–Kier alpha value is -3.29. The highest BCUT2D eigenvalue weighted by molar-refractivity contribution is 6.04. The third-order valence-corrected chi connectivity index (χ3v) is 4.89. The van der Waals surface area contributed by atoms with Crippen molar-refractivity contribution in [2.45, 2.75) is 25.4 Å². The number of carbonyl (C=O) groups is 1. The smallest absolute Gasteiger partial charge is 0.273 e. The van der Waals surface area contributed by atoms with Crippen LogP contribution in [0.15, 0.2) is 30.3 Å². The molecule has 2 aliphatic heterocycles. The molecule has 0 aromatic heterocycles. The first-order valence-electron chi connectivity index (χ1n) is 8.36. The zero-order valence-corrected chi connectivity index (χ0v) is 14.3. The van der Waals surface area contributed by atoms with E-state index in [2.05, 4.69) is 16.0 Å². The first-order chi connectivity index (χ1) is 12.5. The first-order valence-corrected chi connectivity index (χ1v) is 8.36. The zero-order valence-electron chi connectivity index (χ0n) is 14.3. The van der Waals surface area contributed by atoms with Crippen molar-refractivity contribution in [2.75, 3.05) is 23.1 Å². The highest BCUT2D eigenvalue weighted by Gasteiger charge is 2.33. The predicted molar refractivity (Wildman–Crippen MR) is 97.7 cm³/mol. The SMILES string of the molecule is CCC1C(=O)Nc2cc3c(cc21)NC(c1ccc([N+](=O)[O-])cc1OC)N3. The first kappa shape index (κ1) is 16.2. The van der Waals surface area contributed by atoms with Gasteiger partial charge in [-0.1, -0.05) is 6.92 Å². The summed E-state index contributed by atoms with van der Waals surface area (Å²) in [6.07, 6.45) is 0.462. The van der Waals surface area contributed by atoms with Gasteiger partial charge in [0.15, 0.2) is 0 Å². The van der Waals surface area contributed by atoms with E-state index in [1.54, 1.807) is 6.07 Å². The molecule has 2 aromatic rings. The number of nitro benzene ring substituents is 1. The number of nitro groups is 1. The van der Waals surface area contributed by atoms with E-state index in [9.17, 15) is 14.9 Å². The molecule has 3 N–H and O–H groups in total. The second-order valence-corrected chi connectivity index (χ2v) is 6.34. The van der Waals surface area contributed by atoms with E-state index in [-0.39, 0.29) is 23.7 Å². The number of rotatable bonds is 4. The largest absolute Gasteiger partial charge is 0.496 e. The Bertz CT molecular complexity index is 928. The molecular weight excluding hydrogens is 336 g/mol. The molecular formula is C18H18N4O4. The van der Waals surface area contributed by atoms with Crippen LogP contribution in [0.4, 0.5) is 22.7 Å². The number of carbonyl (C=O) groups excluding carboxylic acids is 1. The van der Waals surface area contributed by atoms with E-state index in [0.29, 0.717) is 5.75 Å². The molecule has 2 atom stereocenters. The van der Waals surface area contributed by atoms with Gasteiger partial charge in [0.2, 0.25) is 5.91 Å². The molecule has 2 aliphatic rings. The average molecular weight is 354 g/mol. The number of amides is 1. The lowest BCUT2D eigenvalue weighted by molar-refractivity contribution is -0.384. The molecule has 0 radical (unpaired) electrons. The third kappa shape index (κ3) is 2.42. The molecule has 8 heteroatoms. The van der Waals surface area contributed by atoms with Crippen molar-refractivity contribution < 1.29 is 14.5 Å². The van der Waals surface area contributed by atoms with Crippen LogP contribution in [0.1, 0.15) is 36.6 Å². The van der Waals surface area contributed by atoms with Crippen LogP contribution in [0, 0.1) is 10.1 Å². The Morgan fingerprint density at radius 1 is 1.12 bits per heavy atom. The summed E-state index contributed by atoms with van der Waals surface area (Å²) in [4.78, 5) is 22.5. The van der Waals surface area contributed by atoms with E-state index in [4.69, 9.17) is 4.74 Å². The lowest BCUT2D eigenvalue weighted by atomic mass is 9.97. The minimum atomic E-state index is -0.450. The molecule has 0 spiro atoms. The molecule has 1 amide bonds. The van der Waals surface area contributed by atoms with Gasteiger partial charge in [0, 0.05) is 17.3 Å². The van der Waals surface area contributed by atoms with E-state index in [1.807, 2.05) is 19.1 Å². The molecule has 134 valence electrons. The van der Waals surface area contributed by atoms with Gasteiger partial charge in [0.1, 0.15) is 11.9 Å². The van der Waals surface area contributed by atoms with Crippen LogP contribution in [0.3, 0.4) is 0 Å². The van der Waals surface area contributed by atoms with E-state index in [1.165, 1.54) is 19.2 Å². The maximum Gasteiger partial charge on any atom is 0.273 e. The number of hydrogen-bond acceptors (Lipinski definition) is 6. The lowest BCUT2D eigenvalue weighted by Gasteiger charge is -2.16. The quantitative estimate of drug-likeness (QED) is 0.572. The van der Waals surface area contributed by atoms with Gasteiger partial charge in [0.05, 0.1) is 35.4 Å². The van der Waals surface area contributed by atoms with Gasteiger partial charge in [-0.15, -0.1) is 0 Å². The van der Waals surface area contributed by atoms with Crippen molar-refractivity contribution in [1.29, 1.82) is 0 Å². The van der Waals surface area contributed by atoms with Crippen LogP contribution >= 0.6 is 0 Å². The molecule has 26 heavy (non-hydrogen) atoms. The summed E-state index contributed by atoms with van der Waals surface area (Å²) in [7, 11) is 1.49. The fraction of sp³-hybridized carbons (Fsp3) is 0.278. The molecule has 0 saturated heterocycles. The van der Waals surface area contributed by atoms with Gasteiger partial charge in [0.25, 0.3) is 5.69 Å². The minimum Gasteiger partial charge on any atom is -0.496 e. The van der Waals surface area contributed by atoms with Crippen molar-refractivity contribution in [3.05, 3.63) is 51.6 Å². The van der Waals surface area contributed by atoms with Crippen LogP contribution in [0.2, 0.25) is 0 Å². The van der Waals surface area contributed by atoms with Crippen molar-refractivity contribution >= 4 is 28.7 Å². The summed E-state index contributed by atoms with van der Waals surface area (Å²) in [5.74, 6) is 0.328. The molecule has 0 saturated carbocycles. The highest BCUT2D eigenvalue weighted by atomic mass is 16.6. The molecule has 2 aromatic carbocycles. The number of nitrogens with zero attached hydrogens (tertiary/aromatic N) is 1. The number of benzene rings is 2. The van der Waals surface area contributed by atoms with Crippen LogP contribution in [0.5, 0.6) is 5.75 Å². The highest BCUT2D eigenvalue weighted by Crippen LogP contribution is 2.45. The van der Waals surface area contributed by atoms with Gasteiger partial charge < -0.3 is 20.7 Å². The second-order valence-electron chi connectivity index (χ2n) is 6.34. The predicted octanol–water partition coefficient (Wildman–Crippen LogP) is 3.59. The Balaban J connectivity index is 1.66. The summed E-state index contributed by atoms with van der Waals surface area (Å²) < 4.78 is 5.33. The second kappa shape index (κ2) is 5.91. The standard InChI is InChI=1S/C18H18N4O4/c1-3-10-12-7-14-15(8-13(12)21-18(10)23)20-17(19-14)11-5-4-9(22(24)25)6-16(11)26-2/h4-8,10,17,19-20H,3H2,1-2H3,(H,21,23). The fourth-order valence-electron chi connectivity index (χ4n) is 3.57. The van der Waals surface area contributed by atoms with Gasteiger partial charge >= 0.3 is 0 Å². The van der Waals surface area contributed by atoms with Crippen LogP contribution in [-0.4, -0.2) is 17.9 Å².